The van der Waals surface area contributed by atoms with Gasteiger partial charge in [-0.05, 0) is 32.9 Å². The summed E-state index contributed by atoms with van der Waals surface area (Å²) in [5.41, 5.74) is 1.29. The first-order chi connectivity index (χ1) is 11.8. The number of nitrogens with one attached hydrogen (secondary N) is 1. The van der Waals surface area contributed by atoms with Gasteiger partial charge in [-0.15, -0.1) is 0 Å². The van der Waals surface area contributed by atoms with E-state index in [1.54, 1.807) is 19.9 Å². The quantitative estimate of drug-likeness (QED) is 0.435. The van der Waals surface area contributed by atoms with Crippen LogP contribution in [0, 0.1) is 5.41 Å². The third-order valence-corrected chi connectivity index (χ3v) is 3.66. The highest BCUT2D eigenvalue weighted by molar-refractivity contribution is 6.23. The SMILES string of the molecule is CCOC(=O)c1cnc2cc(/C(C(C)=N)=C(\C)O)c(OC)cc2c1O. The number of aromatic hydroxyl groups is 1. The molecule has 0 radical (unpaired) electrons. The lowest BCUT2D eigenvalue weighted by molar-refractivity contribution is 0.0523. The van der Waals surface area contributed by atoms with Crippen LogP contribution in [0.3, 0.4) is 0 Å². The molecule has 2 aromatic rings. The van der Waals surface area contributed by atoms with Gasteiger partial charge < -0.3 is 25.1 Å². The number of ether oxygens (including phenoxy) is 2. The zero-order valence-corrected chi connectivity index (χ0v) is 14.5. The van der Waals surface area contributed by atoms with Crippen molar-refractivity contribution in [1.82, 2.24) is 4.98 Å². The topological polar surface area (TPSA) is 113 Å². The highest BCUT2D eigenvalue weighted by Crippen LogP contribution is 2.36. The first-order valence-corrected chi connectivity index (χ1v) is 7.64. The van der Waals surface area contributed by atoms with Crippen LogP contribution in [0.5, 0.6) is 11.5 Å². The maximum absolute atomic E-state index is 11.9. The monoisotopic (exact) mass is 344 g/mol. The highest BCUT2D eigenvalue weighted by Gasteiger charge is 2.20. The number of esters is 1. The number of hydrogen-bond donors (Lipinski definition) is 3. The number of carbonyl (C=O) groups excluding carboxylic acids is 1. The normalized spacial score (nSPS) is 11.8. The van der Waals surface area contributed by atoms with E-state index in [2.05, 4.69) is 4.98 Å². The molecule has 1 heterocycles. The molecule has 0 unspecified atom stereocenters. The van der Waals surface area contributed by atoms with Crippen molar-refractivity contribution in [1.29, 1.82) is 5.41 Å². The van der Waals surface area contributed by atoms with Crippen LogP contribution >= 0.6 is 0 Å². The summed E-state index contributed by atoms with van der Waals surface area (Å²) in [6, 6.07) is 3.11. The number of fused-ring (bicyclic) bond motifs is 1. The van der Waals surface area contributed by atoms with Crippen LogP contribution in [-0.2, 0) is 4.74 Å². The Labute approximate surface area is 145 Å². The van der Waals surface area contributed by atoms with Crippen LogP contribution < -0.4 is 4.74 Å². The summed E-state index contributed by atoms with van der Waals surface area (Å²) in [5, 5.41) is 28.5. The molecule has 0 aliphatic heterocycles. The van der Waals surface area contributed by atoms with Crippen LogP contribution in [0.15, 0.2) is 24.1 Å². The molecule has 0 atom stereocenters. The average Bonchev–Trinajstić information content (AvgIpc) is 2.54. The molecule has 0 spiro atoms. The molecular weight excluding hydrogens is 324 g/mol. The molecule has 0 aliphatic carbocycles. The van der Waals surface area contributed by atoms with Gasteiger partial charge in [0.2, 0.25) is 0 Å². The molecule has 7 heteroatoms. The number of pyridine rings is 1. The molecule has 7 nitrogen and oxygen atoms in total. The number of aromatic nitrogens is 1. The lowest BCUT2D eigenvalue weighted by Crippen LogP contribution is -2.06. The van der Waals surface area contributed by atoms with E-state index >= 15 is 0 Å². The van der Waals surface area contributed by atoms with E-state index in [0.29, 0.717) is 27.8 Å². The van der Waals surface area contributed by atoms with Crippen molar-refractivity contribution in [3.63, 3.8) is 0 Å². The largest absolute Gasteiger partial charge is 0.512 e. The van der Waals surface area contributed by atoms with Gasteiger partial charge in [0.05, 0.1) is 25.0 Å². The predicted molar refractivity (Wildman–Crippen MR) is 94.5 cm³/mol. The molecule has 0 amide bonds. The maximum Gasteiger partial charge on any atom is 0.343 e. The van der Waals surface area contributed by atoms with Crippen LogP contribution in [-0.4, -0.2) is 40.6 Å². The van der Waals surface area contributed by atoms with E-state index in [1.165, 1.54) is 26.3 Å². The Morgan fingerprint density at radius 2 is 1.96 bits per heavy atom. The smallest absolute Gasteiger partial charge is 0.343 e. The lowest BCUT2D eigenvalue weighted by atomic mass is 9.97. The van der Waals surface area contributed by atoms with Gasteiger partial charge in [0, 0.05) is 28.4 Å². The van der Waals surface area contributed by atoms with Crippen molar-refractivity contribution < 1.29 is 24.5 Å². The second kappa shape index (κ2) is 7.21. The molecule has 0 aliphatic rings. The van der Waals surface area contributed by atoms with Crippen LogP contribution in [0.2, 0.25) is 0 Å². The third kappa shape index (κ3) is 3.40. The van der Waals surface area contributed by atoms with Gasteiger partial charge in [-0.3, -0.25) is 4.98 Å². The summed E-state index contributed by atoms with van der Waals surface area (Å²) in [7, 11) is 1.44. The minimum atomic E-state index is -0.667. The van der Waals surface area contributed by atoms with Gasteiger partial charge >= 0.3 is 5.97 Å². The molecule has 25 heavy (non-hydrogen) atoms. The van der Waals surface area contributed by atoms with Crippen LogP contribution in [0.4, 0.5) is 0 Å². The Kier molecular flexibility index (Phi) is 5.26. The van der Waals surface area contributed by atoms with E-state index in [-0.39, 0.29) is 29.4 Å². The summed E-state index contributed by atoms with van der Waals surface area (Å²) < 4.78 is 10.2. The number of allylic oxidation sites excluding steroid dienone is 2. The molecule has 0 saturated carbocycles. The Bertz CT molecular complexity index is 883. The summed E-state index contributed by atoms with van der Waals surface area (Å²) in [6.07, 6.45) is 1.23. The van der Waals surface area contributed by atoms with Crippen molar-refractivity contribution >= 4 is 28.2 Å². The second-order valence-corrected chi connectivity index (χ2v) is 5.40. The Morgan fingerprint density at radius 3 is 2.48 bits per heavy atom. The fourth-order valence-corrected chi connectivity index (χ4v) is 2.60. The number of benzene rings is 1. The fourth-order valence-electron chi connectivity index (χ4n) is 2.60. The molecular formula is C18H20N2O5. The molecule has 1 aromatic heterocycles. The van der Waals surface area contributed by atoms with Crippen LogP contribution in [0.1, 0.15) is 36.7 Å². The van der Waals surface area contributed by atoms with E-state index in [1.807, 2.05) is 0 Å². The van der Waals surface area contributed by atoms with Crippen molar-refractivity contribution in [3.05, 3.63) is 35.2 Å². The van der Waals surface area contributed by atoms with E-state index < -0.39 is 5.97 Å². The van der Waals surface area contributed by atoms with Gasteiger partial charge in [0.25, 0.3) is 0 Å². The second-order valence-electron chi connectivity index (χ2n) is 5.40. The molecule has 2 rings (SSSR count). The number of nitrogens with zero attached hydrogens (tertiary/aromatic N) is 1. The van der Waals surface area contributed by atoms with Gasteiger partial charge in [0.15, 0.2) is 0 Å². The minimum absolute atomic E-state index is 0.0301. The van der Waals surface area contributed by atoms with E-state index in [0.717, 1.165) is 0 Å². The number of hydrogen-bond acceptors (Lipinski definition) is 7. The van der Waals surface area contributed by atoms with Crippen molar-refractivity contribution in [3.8, 4) is 11.5 Å². The highest BCUT2D eigenvalue weighted by atomic mass is 16.5. The summed E-state index contributed by atoms with van der Waals surface area (Å²) in [5.74, 6) is -0.621. The molecule has 1 aromatic carbocycles. The minimum Gasteiger partial charge on any atom is -0.512 e. The molecule has 0 saturated heterocycles. The first kappa shape index (κ1) is 18.3. The van der Waals surface area contributed by atoms with Gasteiger partial charge in [-0.2, -0.15) is 0 Å². The number of aliphatic hydroxyl groups is 1. The summed E-state index contributed by atoms with van der Waals surface area (Å²) in [6.45, 7) is 4.88. The van der Waals surface area contributed by atoms with E-state index in [9.17, 15) is 15.0 Å². The Balaban J connectivity index is 2.75. The standard InChI is InChI=1S/C18H20N2O5/c1-5-25-18(23)13-8-20-14-6-12(16(9(2)19)10(3)21)15(24-4)7-11(14)17(13)22/h6-8,19,21H,5H2,1-4H3,(H,20,22)/b16-10+,19-9?. The fraction of sp³-hybridized carbons (Fsp3) is 0.278. The number of carbonyl (C=O) groups is 1. The predicted octanol–water partition coefficient (Wildman–Crippen LogP) is 3.45. The summed E-state index contributed by atoms with van der Waals surface area (Å²) >= 11 is 0. The Morgan fingerprint density at radius 1 is 1.28 bits per heavy atom. The zero-order chi connectivity index (χ0) is 18.7. The Hall–Kier alpha value is -3.09. The first-order valence-electron chi connectivity index (χ1n) is 7.64. The number of methoxy groups -OCH3 is 1. The molecule has 0 bridgehead atoms. The molecule has 132 valence electrons. The average molecular weight is 344 g/mol. The van der Waals surface area contributed by atoms with Crippen molar-refractivity contribution in [2.75, 3.05) is 13.7 Å². The molecule has 0 fully saturated rings. The number of aliphatic hydroxyl groups excluding tert-OH is 1. The summed E-state index contributed by atoms with van der Waals surface area (Å²) in [4.78, 5) is 16.1. The van der Waals surface area contributed by atoms with Gasteiger partial charge in [-0.1, -0.05) is 0 Å². The van der Waals surface area contributed by atoms with Gasteiger partial charge in [0.1, 0.15) is 17.1 Å². The lowest BCUT2D eigenvalue weighted by Gasteiger charge is -2.15. The molecule has 3 N–H and O–H groups in total. The van der Waals surface area contributed by atoms with E-state index in [4.69, 9.17) is 14.9 Å². The van der Waals surface area contributed by atoms with Gasteiger partial charge in [-0.25, -0.2) is 4.79 Å². The zero-order valence-electron chi connectivity index (χ0n) is 14.5. The number of rotatable bonds is 5. The van der Waals surface area contributed by atoms with Crippen LogP contribution in [0.25, 0.3) is 16.5 Å². The maximum atomic E-state index is 11.9. The third-order valence-electron chi connectivity index (χ3n) is 3.66. The van der Waals surface area contributed by atoms with Crippen molar-refractivity contribution in [2.24, 2.45) is 0 Å². The van der Waals surface area contributed by atoms with Crippen molar-refractivity contribution in [2.45, 2.75) is 20.8 Å².